The van der Waals surface area contributed by atoms with Gasteiger partial charge in [0, 0.05) is 16.5 Å². The average molecular weight is 699 g/mol. The number of carbonyl (C=O) groups is 4. The maximum Gasteiger partial charge on any atom is 0.316 e. The number of aliphatic hydroxyl groups is 1. The van der Waals surface area contributed by atoms with Crippen LogP contribution in [0.4, 0.5) is 0 Å². The molecule has 0 saturated carbocycles. The van der Waals surface area contributed by atoms with Crippen molar-refractivity contribution in [1.82, 2.24) is 10.6 Å². The van der Waals surface area contributed by atoms with Crippen LogP contribution >= 0.6 is 11.6 Å². The predicted molar refractivity (Wildman–Crippen MR) is 192 cm³/mol. The third-order valence-corrected chi connectivity index (χ3v) is 8.30. The Morgan fingerprint density at radius 3 is 1.45 bits per heavy atom. The molecule has 0 aromatic heterocycles. The molecule has 49 heavy (non-hydrogen) atoms. The summed E-state index contributed by atoms with van der Waals surface area (Å²) in [7, 11) is 3.10. The summed E-state index contributed by atoms with van der Waals surface area (Å²) in [6, 6.07) is 11.1. The van der Waals surface area contributed by atoms with E-state index in [-0.39, 0.29) is 34.2 Å². The summed E-state index contributed by atoms with van der Waals surface area (Å²) in [5, 5.41) is 15.6. The van der Waals surface area contributed by atoms with E-state index in [2.05, 4.69) is 10.6 Å². The van der Waals surface area contributed by atoms with Crippen LogP contribution in [-0.2, 0) is 23.9 Å². The normalized spacial score (nSPS) is 16.5. The molecule has 4 rings (SSSR count). The fraction of sp³-hybridized carbons (Fsp3) is 0.474. The number of amides is 2. The Morgan fingerprint density at radius 1 is 0.714 bits per heavy atom. The second-order valence-electron chi connectivity index (χ2n) is 15.1. The van der Waals surface area contributed by atoms with Gasteiger partial charge in [-0.25, -0.2) is 0 Å². The van der Waals surface area contributed by atoms with Gasteiger partial charge >= 0.3 is 5.97 Å². The molecule has 0 atom stereocenters. The quantitative estimate of drug-likeness (QED) is 0.220. The summed E-state index contributed by atoms with van der Waals surface area (Å²) in [5.74, 6) is 0.619. The molecule has 0 radical (unpaired) electrons. The minimum Gasteiger partial charge on any atom is -0.509 e. The SMILES string of the molecule is CC(C)(C)C(=O)Cl.COc1cccc(C)c1C1=C(O)C(C)(C)NC1=O.COc1cccc(C)c1C1=C(OC(=O)C(C)(C)C)C(C)(C)NC1=O. The lowest BCUT2D eigenvalue weighted by atomic mass is 9.94. The van der Waals surface area contributed by atoms with E-state index >= 15 is 0 Å². The molecule has 2 aromatic carbocycles. The van der Waals surface area contributed by atoms with Crippen LogP contribution in [0.15, 0.2) is 47.9 Å². The van der Waals surface area contributed by atoms with Crippen molar-refractivity contribution in [1.29, 1.82) is 0 Å². The summed E-state index contributed by atoms with van der Waals surface area (Å²) < 4.78 is 16.4. The average Bonchev–Trinajstić information content (AvgIpc) is 3.31. The number of aryl methyl sites for hydroxylation is 2. The minimum atomic E-state index is -0.777. The lowest BCUT2D eigenvalue weighted by Crippen LogP contribution is -2.40. The maximum atomic E-state index is 12.6. The third-order valence-electron chi connectivity index (χ3n) is 7.74. The Bertz CT molecular complexity index is 1690. The zero-order chi connectivity index (χ0) is 37.9. The van der Waals surface area contributed by atoms with E-state index in [4.69, 9.17) is 25.8 Å². The molecule has 2 amide bonds. The van der Waals surface area contributed by atoms with Gasteiger partial charge in [-0.2, -0.15) is 0 Å². The molecule has 0 bridgehead atoms. The number of methoxy groups -OCH3 is 2. The molecule has 0 saturated heterocycles. The van der Waals surface area contributed by atoms with E-state index < -0.39 is 16.5 Å². The fourth-order valence-electron chi connectivity index (χ4n) is 4.79. The zero-order valence-corrected chi connectivity index (χ0v) is 31.9. The highest BCUT2D eigenvalue weighted by Crippen LogP contribution is 2.40. The highest BCUT2D eigenvalue weighted by atomic mass is 35.5. The van der Waals surface area contributed by atoms with E-state index in [9.17, 15) is 24.3 Å². The lowest BCUT2D eigenvalue weighted by molar-refractivity contribution is -0.149. The first-order chi connectivity index (χ1) is 22.3. The standard InChI is InChI=1S/C19H25NO4.C14H17NO3.C5H9ClO/c1-11-9-8-10-12(23-7)13(11)14-15(19(5,6)20-16(14)21)24-17(22)18(2,3)4;1-8-6-5-7-9(18-4)10(8)11-12(16)14(2,3)15-13(11)17;1-5(2,3)4(6)7/h8-10H,1-7H3,(H,20,21);5-7,16H,1-4H3,(H,15,17);1-3H3. The molecule has 268 valence electrons. The number of ether oxygens (including phenoxy) is 3. The van der Waals surface area contributed by atoms with Gasteiger partial charge in [0.05, 0.1) is 41.9 Å². The first-order valence-corrected chi connectivity index (χ1v) is 16.2. The van der Waals surface area contributed by atoms with Crippen LogP contribution < -0.4 is 20.1 Å². The Morgan fingerprint density at radius 2 is 1.10 bits per heavy atom. The van der Waals surface area contributed by atoms with Crippen molar-refractivity contribution in [2.24, 2.45) is 10.8 Å². The number of carbonyl (C=O) groups excluding carboxylic acids is 4. The van der Waals surface area contributed by atoms with E-state index in [1.807, 2.05) is 52.0 Å². The molecule has 2 aromatic rings. The highest BCUT2D eigenvalue weighted by molar-refractivity contribution is 6.64. The fourth-order valence-corrected chi connectivity index (χ4v) is 4.79. The summed E-state index contributed by atoms with van der Waals surface area (Å²) in [5.41, 5.74) is 1.17. The summed E-state index contributed by atoms with van der Waals surface area (Å²) in [4.78, 5) is 47.3. The van der Waals surface area contributed by atoms with E-state index in [0.29, 0.717) is 39.5 Å². The predicted octanol–water partition coefficient (Wildman–Crippen LogP) is 7.19. The molecule has 0 spiro atoms. The molecule has 2 aliphatic rings. The second kappa shape index (κ2) is 15.1. The van der Waals surface area contributed by atoms with E-state index in [1.54, 1.807) is 81.7 Å². The van der Waals surface area contributed by atoms with Crippen LogP contribution in [0.3, 0.4) is 0 Å². The van der Waals surface area contributed by atoms with Gasteiger partial charge in [-0.3, -0.25) is 19.2 Å². The zero-order valence-electron chi connectivity index (χ0n) is 31.1. The van der Waals surface area contributed by atoms with Gasteiger partial charge in [0.1, 0.15) is 23.0 Å². The topological polar surface area (TPSA) is 140 Å². The van der Waals surface area contributed by atoms with Gasteiger partial charge in [0.25, 0.3) is 11.8 Å². The van der Waals surface area contributed by atoms with E-state index in [1.165, 1.54) is 0 Å². The van der Waals surface area contributed by atoms with Crippen molar-refractivity contribution in [2.45, 2.75) is 94.2 Å². The Balaban J connectivity index is 0.000000293. The molecule has 3 N–H and O–H groups in total. The Labute approximate surface area is 295 Å². The molecular weight excluding hydrogens is 648 g/mol. The van der Waals surface area contributed by atoms with Crippen molar-refractivity contribution in [3.05, 3.63) is 70.2 Å². The van der Waals surface area contributed by atoms with Gasteiger partial charge in [0.15, 0.2) is 0 Å². The van der Waals surface area contributed by atoms with Crippen LogP contribution in [0.25, 0.3) is 11.1 Å². The van der Waals surface area contributed by atoms with Crippen LogP contribution in [0.2, 0.25) is 0 Å². The molecule has 2 heterocycles. The highest BCUT2D eigenvalue weighted by Gasteiger charge is 2.44. The number of rotatable bonds is 5. The van der Waals surface area contributed by atoms with Crippen molar-refractivity contribution in [2.75, 3.05) is 14.2 Å². The summed E-state index contributed by atoms with van der Waals surface area (Å²) >= 11 is 5.11. The number of hydrogen-bond donors (Lipinski definition) is 3. The van der Waals surface area contributed by atoms with Crippen LogP contribution in [0, 0.1) is 24.7 Å². The smallest absolute Gasteiger partial charge is 0.316 e. The van der Waals surface area contributed by atoms with Crippen LogP contribution in [-0.4, -0.2) is 53.4 Å². The van der Waals surface area contributed by atoms with Gasteiger partial charge < -0.3 is 30.0 Å². The number of nitrogens with one attached hydrogen (secondary N) is 2. The number of benzene rings is 2. The molecular formula is C38H51ClN2O8. The molecule has 11 heteroatoms. The van der Waals surface area contributed by atoms with Crippen molar-refractivity contribution in [3.63, 3.8) is 0 Å². The lowest BCUT2D eigenvalue weighted by Gasteiger charge is -2.25. The first-order valence-electron chi connectivity index (χ1n) is 15.9. The van der Waals surface area contributed by atoms with Crippen LogP contribution in [0.1, 0.15) is 91.5 Å². The number of hydrogen-bond acceptors (Lipinski definition) is 8. The number of halogens is 1. The van der Waals surface area contributed by atoms with E-state index in [0.717, 1.165) is 11.1 Å². The number of aliphatic hydroxyl groups excluding tert-OH is 1. The van der Waals surface area contributed by atoms with Crippen LogP contribution in [0.5, 0.6) is 11.5 Å². The number of esters is 1. The molecule has 0 aliphatic carbocycles. The second-order valence-corrected chi connectivity index (χ2v) is 15.4. The van der Waals surface area contributed by atoms with Gasteiger partial charge in [-0.15, -0.1) is 0 Å². The van der Waals surface area contributed by atoms with Gasteiger partial charge in [-0.05, 0) is 97.2 Å². The maximum absolute atomic E-state index is 12.6. The largest absolute Gasteiger partial charge is 0.509 e. The Kier molecular flexibility index (Phi) is 12.6. The van der Waals surface area contributed by atoms with Crippen molar-refractivity contribution >= 4 is 45.8 Å². The molecule has 10 nitrogen and oxygen atoms in total. The molecule has 0 unspecified atom stereocenters. The third kappa shape index (κ3) is 9.44. The summed E-state index contributed by atoms with van der Waals surface area (Å²) in [6.07, 6.45) is 0. The van der Waals surface area contributed by atoms with Gasteiger partial charge in [-0.1, -0.05) is 45.0 Å². The molecule has 0 fully saturated rings. The van der Waals surface area contributed by atoms with Crippen molar-refractivity contribution in [3.8, 4) is 11.5 Å². The minimum absolute atomic E-state index is 0.0556. The first kappa shape index (κ1) is 40.9. The molecule has 2 aliphatic heterocycles. The Hall–Kier alpha value is -4.31. The van der Waals surface area contributed by atoms with Crippen molar-refractivity contribution < 1.29 is 38.5 Å². The summed E-state index contributed by atoms with van der Waals surface area (Å²) in [6.45, 7) is 21.6. The monoisotopic (exact) mass is 698 g/mol. The van der Waals surface area contributed by atoms with Gasteiger partial charge in [0.2, 0.25) is 5.24 Å².